The number of fused-ring (bicyclic) bond motifs is 1. The summed E-state index contributed by atoms with van der Waals surface area (Å²) in [5.41, 5.74) is 3.26. The predicted molar refractivity (Wildman–Crippen MR) is 105 cm³/mol. The Balaban J connectivity index is 1.60. The van der Waals surface area contributed by atoms with Crippen LogP contribution in [0.2, 0.25) is 0 Å². The van der Waals surface area contributed by atoms with Gasteiger partial charge in [0.25, 0.3) is 0 Å². The summed E-state index contributed by atoms with van der Waals surface area (Å²) in [5.74, 6) is 0.700. The highest BCUT2D eigenvalue weighted by molar-refractivity contribution is 5.90. The molecule has 4 heteroatoms. The first-order valence-electron chi connectivity index (χ1n) is 9.00. The van der Waals surface area contributed by atoms with Crippen molar-refractivity contribution in [1.82, 2.24) is 10.3 Å². The summed E-state index contributed by atoms with van der Waals surface area (Å²) in [7, 11) is 0. The number of aliphatic hydroxyl groups is 1. The van der Waals surface area contributed by atoms with Gasteiger partial charge < -0.3 is 15.4 Å². The van der Waals surface area contributed by atoms with Gasteiger partial charge in [-0.05, 0) is 42.8 Å². The van der Waals surface area contributed by atoms with E-state index in [1.54, 1.807) is 0 Å². The van der Waals surface area contributed by atoms with E-state index in [2.05, 4.69) is 22.4 Å². The number of para-hydroxylation sites is 1. The van der Waals surface area contributed by atoms with Gasteiger partial charge >= 0.3 is 0 Å². The van der Waals surface area contributed by atoms with E-state index in [9.17, 15) is 9.90 Å². The van der Waals surface area contributed by atoms with E-state index in [4.69, 9.17) is 0 Å². The van der Waals surface area contributed by atoms with Crippen LogP contribution in [0.15, 0.2) is 60.7 Å². The number of carbonyl (C=O) groups is 1. The molecule has 1 unspecified atom stereocenters. The van der Waals surface area contributed by atoms with E-state index < -0.39 is 0 Å². The Morgan fingerprint density at radius 1 is 1.12 bits per heavy atom. The summed E-state index contributed by atoms with van der Waals surface area (Å²) in [4.78, 5) is 16.0. The second-order valence-corrected chi connectivity index (χ2v) is 6.71. The summed E-state index contributed by atoms with van der Waals surface area (Å²) in [6.45, 7) is 1.91. The minimum absolute atomic E-state index is 0.0544. The largest absolute Gasteiger partial charge is 0.396 e. The number of hydrogen-bond donors (Lipinski definition) is 3. The van der Waals surface area contributed by atoms with Crippen LogP contribution in [-0.4, -0.2) is 28.6 Å². The van der Waals surface area contributed by atoms with Crippen LogP contribution in [0.25, 0.3) is 10.9 Å². The maximum atomic E-state index is 12.6. The van der Waals surface area contributed by atoms with Crippen LogP contribution in [0.3, 0.4) is 0 Å². The SMILES string of the molecule is C[C](Cc1cc2ccccc2[nH]1)C(=O)NC(CCO)Cc1ccccc1. The van der Waals surface area contributed by atoms with Crippen LogP contribution >= 0.6 is 0 Å². The molecule has 0 spiro atoms. The van der Waals surface area contributed by atoms with Crippen LogP contribution in [0.1, 0.15) is 24.6 Å². The van der Waals surface area contributed by atoms with Gasteiger partial charge in [0.2, 0.25) is 5.91 Å². The number of carbonyl (C=O) groups excluding carboxylic acids is 1. The van der Waals surface area contributed by atoms with Crippen molar-refractivity contribution in [2.24, 2.45) is 0 Å². The first kappa shape index (κ1) is 18.2. The van der Waals surface area contributed by atoms with Crippen molar-refractivity contribution < 1.29 is 9.90 Å². The predicted octanol–water partition coefficient (Wildman–Crippen LogP) is 3.41. The fourth-order valence-electron chi connectivity index (χ4n) is 3.18. The zero-order chi connectivity index (χ0) is 18.4. The third-order valence-corrected chi connectivity index (χ3v) is 4.57. The zero-order valence-corrected chi connectivity index (χ0v) is 15.0. The second kappa shape index (κ2) is 8.68. The molecule has 3 N–H and O–H groups in total. The molecule has 1 aromatic heterocycles. The maximum absolute atomic E-state index is 12.6. The molecule has 1 amide bonds. The van der Waals surface area contributed by atoms with Gasteiger partial charge in [0.15, 0.2) is 0 Å². The highest BCUT2D eigenvalue weighted by Gasteiger charge is 2.19. The van der Waals surface area contributed by atoms with Crippen LogP contribution in [0.4, 0.5) is 0 Å². The topological polar surface area (TPSA) is 65.1 Å². The standard InChI is InChI=1S/C22H25N2O2/c1-16(13-20-15-18-9-5-6-10-21(18)23-20)22(26)24-19(11-12-25)14-17-7-3-2-4-8-17/h2-10,15,19,23,25H,11-14H2,1H3,(H,24,26). The number of rotatable bonds is 8. The number of aliphatic hydroxyl groups excluding tert-OH is 1. The third-order valence-electron chi connectivity index (χ3n) is 4.57. The van der Waals surface area contributed by atoms with E-state index in [1.165, 1.54) is 0 Å². The first-order chi connectivity index (χ1) is 12.7. The number of hydrogen-bond acceptors (Lipinski definition) is 2. The summed E-state index contributed by atoms with van der Waals surface area (Å²) in [5, 5.41) is 13.5. The fraction of sp³-hybridized carbons (Fsp3) is 0.273. The van der Waals surface area contributed by atoms with E-state index >= 15 is 0 Å². The number of amides is 1. The number of aromatic nitrogens is 1. The van der Waals surface area contributed by atoms with Gasteiger partial charge in [-0.15, -0.1) is 0 Å². The van der Waals surface area contributed by atoms with Gasteiger partial charge in [0, 0.05) is 30.3 Å². The number of H-pyrrole nitrogens is 1. The van der Waals surface area contributed by atoms with Crippen LogP contribution in [-0.2, 0) is 17.6 Å². The minimum Gasteiger partial charge on any atom is -0.396 e. The quantitative estimate of drug-likeness (QED) is 0.583. The number of aromatic amines is 1. The summed E-state index contributed by atoms with van der Waals surface area (Å²) >= 11 is 0. The van der Waals surface area contributed by atoms with Crippen molar-refractivity contribution in [3.05, 3.63) is 77.8 Å². The Bertz CT molecular complexity index is 808. The van der Waals surface area contributed by atoms with Crippen molar-refractivity contribution in [1.29, 1.82) is 0 Å². The lowest BCUT2D eigenvalue weighted by Crippen LogP contribution is -2.40. The fourth-order valence-corrected chi connectivity index (χ4v) is 3.18. The smallest absolute Gasteiger partial charge is 0.227 e. The van der Waals surface area contributed by atoms with Crippen molar-refractivity contribution in [3.63, 3.8) is 0 Å². The molecule has 1 heterocycles. The highest BCUT2D eigenvalue weighted by atomic mass is 16.3. The van der Waals surface area contributed by atoms with Crippen LogP contribution in [0.5, 0.6) is 0 Å². The first-order valence-corrected chi connectivity index (χ1v) is 9.00. The molecule has 0 saturated carbocycles. The van der Waals surface area contributed by atoms with Crippen LogP contribution < -0.4 is 5.32 Å². The van der Waals surface area contributed by atoms with E-state index in [0.717, 1.165) is 28.1 Å². The molecule has 0 aliphatic heterocycles. The van der Waals surface area contributed by atoms with E-state index in [-0.39, 0.29) is 18.6 Å². The van der Waals surface area contributed by atoms with Crippen molar-refractivity contribution >= 4 is 16.8 Å². The van der Waals surface area contributed by atoms with Crippen molar-refractivity contribution in [3.8, 4) is 0 Å². The Kier molecular flexibility index (Phi) is 6.08. The Labute approximate surface area is 154 Å². The van der Waals surface area contributed by atoms with Gasteiger partial charge in [-0.25, -0.2) is 0 Å². The highest BCUT2D eigenvalue weighted by Crippen LogP contribution is 2.18. The van der Waals surface area contributed by atoms with Gasteiger partial charge in [0.05, 0.1) is 5.92 Å². The van der Waals surface area contributed by atoms with Crippen LogP contribution in [0, 0.1) is 5.92 Å². The average Bonchev–Trinajstić information content (AvgIpc) is 3.05. The molecule has 0 aliphatic rings. The average molecular weight is 349 g/mol. The Morgan fingerprint density at radius 2 is 1.85 bits per heavy atom. The van der Waals surface area contributed by atoms with Crippen molar-refractivity contribution in [2.75, 3.05) is 6.61 Å². The van der Waals surface area contributed by atoms with Gasteiger partial charge in [-0.2, -0.15) is 0 Å². The van der Waals surface area contributed by atoms with Crippen molar-refractivity contribution in [2.45, 2.75) is 32.2 Å². The summed E-state index contributed by atoms with van der Waals surface area (Å²) in [6.07, 6.45) is 1.84. The van der Waals surface area contributed by atoms with Gasteiger partial charge in [-0.3, -0.25) is 4.79 Å². The molecule has 0 bridgehead atoms. The number of benzene rings is 2. The molecular formula is C22H25N2O2. The lowest BCUT2D eigenvalue weighted by Gasteiger charge is -2.20. The molecule has 4 nitrogen and oxygen atoms in total. The Hall–Kier alpha value is -2.59. The lowest BCUT2D eigenvalue weighted by molar-refractivity contribution is -0.120. The minimum atomic E-state index is -0.0763. The molecule has 2 aromatic carbocycles. The molecule has 3 aromatic rings. The molecule has 0 aliphatic carbocycles. The number of nitrogens with one attached hydrogen (secondary N) is 2. The van der Waals surface area contributed by atoms with E-state index in [1.807, 2.05) is 55.5 Å². The van der Waals surface area contributed by atoms with Gasteiger partial charge in [-0.1, -0.05) is 48.5 Å². The van der Waals surface area contributed by atoms with E-state index in [0.29, 0.717) is 19.3 Å². The normalized spacial score (nSPS) is 12.4. The molecule has 1 radical (unpaired) electrons. The zero-order valence-electron chi connectivity index (χ0n) is 15.0. The second-order valence-electron chi connectivity index (χ2n) is 6.71. The molecule has 0 fully saturated rings. The summed E-state index contributed by atoms with van der Waals surface area (Å²) < 4.78 is 0. The lowest BCUT2D eigenvalue weighted by atomic mass is 10.0. The summed E-state index contributed by atoms with van der Waals surface area (Å²) in [6, 6.07) is 20.1. The monoisotopic (exact) mass is 349 g/mol. The third kappa shape index (κ3) is 4.73. The Morgan fingerprint density at radius 3 is 2.58 bits per heavy atom. The molecule has 3 rings (SSSR count). The molecular weight excluding hydrogens is 324 g/mol. The molecule has 26 heavy (non-hydrogen) atoms. The molecule has 1 atom stereocenters. The molecule has 0 saturated heterocycles. The molecule has 135 valence electrons. The maximum Gasteiger partial charge on any atom is 0.227 e. The van der Waals surface area contributed by atoms with Gasteiger partial charge in [0.1, 0.15) is 0 Å².